The number of carbonyl (C=O) groups is 2. The van der Waals surface area contributed by atoms with Gasteiger partial charge >= 0.3 is 5.97 Å². The number of amides is 1. The van der Waals surface area contributed by atoms with Gasteiger partial charge in [-0.2, -0.15) is 0 Å². The molecule has 0 unspecified atom stereocenters. The molecule has 5 N–H and O–H groups in total. The number of aromatic amines is 1. The lowest BCUT2D eigenvalue weighted by Crippen LogP contribution is -2.68. The third kappa shape index (κ3) is 3.22. The lowest BCUT2D eigenvalue weighted by atomic mass is 10.0. The lowest BCUT2D eigenvalue weighted by molar-refractivity contribution is -0.899. The van der Waals surface area contributed by atoms with Crippen LogP contribution in [0.5, 0.6) is 5.75 Å². The summed E-state index contributed by atoms with van der Waals surface area (Å²) in [5.74, 6) is -1.37. The predicted octanol–water partition coefficient (Wildman–Crippen LogP) is -0.762. The quantitative estimate of drug-likeness (QED) is 0.389. The smallest absolute Gasteiger partial charge is 0.352 e. The number of aromatic hydroxyl groups is 1. The molecule has 9 nitrogen and oxygen atoms in total. The van der Waals surface area contributed by atoms with Crippen molar-refractivity contribution < 1.29 is 24.3 Å². The van der Waals surface area contributed by atoms with E-state index in [1.165, 1.54) is 28.9 Å². The van der Waals surface area contributed by atoms with Gasteiger partial charge in [0, 0.05) is 23.6 Å². The number of likely N-dealkylation sites (N-methyl/N-ethyl adjacent to an activating group) is 1. The van der Waals surface area contributed by atoms with E-state index in [1.807, 2.05) is 14.1 Å². The molecule has 26 heavy (non-hydrogen) atoms. The summed E-state index contributed by atoms with van der Waals surface area (Å²) in [4.78, 5) is 39.5. The summed E-state index contributed by atoms with van der Waals surface area (Å²) in [5, 5.41) is 18.6. The highest BCUT2D eigenvalue weighted by Crippen LogP contribution is 2.39. The zero-order chi connectivity index (χ0) is 19.2. The number of pyridine rings is 1. The van der Waals surface area contributed by atoms with Crippen molar-refractivity contribution in [2.75, 3.05) is 26.4 Å². The second-order valence-electron chi connectivity index (χ2n) is 7.15. The van der Waals surface area contributed by atoms with Gasteiger partial charge in [0.2, 0.25) is 11.3 Å². The minimum absolute atomic E-state index is 0.0193. The Morgan fingerprint density at radius 2 is 2.12 bits per heavy atom. The van der Waals surface area contributed by atoms with Gasteiger partial charge in [-0.05, 0) is 0 Å². The van der Waals surface area contributed by atoms with E-state index in [0.717, 1.165) is 0 Å². The Morgan fingerprint density at radius 1 is 1.42 bits per heavy atom. The first-order chi connectivity index (χ1) is 12.1. The number of H-pyrrole nitrogens is 1. The molecule has 10 heteroatoms. The molecule has 1 aromatic rings. The molecule has 0 bridgehead atoms. The monoisotopic (exact) mass is 381 g/mol. The first-order valence-corrected chi connectivity index (χ1v) is 9.04. The van der Waals surface area contributed by atoms with Crippen LogP contribution in [0, 0.1) is 0 Å². The number of rotatable bonds is 5. The van der Waals surface area contributed by atoms with E-state index in [2.05, 4.69) is 4.98 Å². The Kier molecular flexibility index (Phi) is 4.59. The first-order valence-electron chi connectivity index (χ1n) is 7.99. The van der Waals surface area contributed by atoms with Crippen LogP contribution >= 0.6 is 11.8 Å². The van der Waals surface area contributed by atoms with Crippen LogP contribution in [0.2, 0.25) is 0 Å². The fraction of sp³-hybridized carbons (Fsp3) is 0.438. The molecule has 1 fully saturated rings. The van der Waals surface area contributed by atoms with Crippen LogP contribution in [0.3, 0.4) is 0 Å². The molecule has 140 valence electrons. The van der Waals surface area contributed by atoms with Crippen LogP contribution < -0.4 is 11.2 Å². The fourth-order valence-electron chi connectivity index (χ4n) is 3.33. The zero-order valence-electron chi connectivity index (χ0n) is 14.4. The Balaban J connectivity index is 1.85. The first kappa shape index (κ1) is 18.5. The highest BCUT2D eigenvalue weighted by Gasteiger charge is 2.52. The Bertz CT molecular complexity index is 862. The summed E-state index contributed by atoms with van der Waals surface area (Å²) in [6.07, 6.45) is 1.24. The number of thioether (sulfide) groups is 1. The van der Waals surface area contributed by atoms with Gasteiger partial charge < -0.3 is 25.4 Å². The molecular formula is C16H21N4O5S+. The number of carboxylic acids is 1. The van der Waals surface area contributed by atoms with Crippen LogP contribution in [0.25, 0.3) is 0 Å². The second kappa shape index (κ2) is 6.45. The molecule has 1 aromatic heterocycles. The number of hydrogen-bond donors (Lipinski definition) is 4. The molecule has 0 saturated carbocycles. The maximum absolute atomic E-state index is 12.0. The van der Waals surface area contributed by atoms with Crippen LogP contribution in [0.1, 0.15) is 5.69 Å². The normalized spacial score (nSPS) is 22.9. The number of quaternary nitrogens is 1. The number of nitrogens with zero attached hydrogens (tertiary/aromatic N) is 2. The molecule has 0 aromatic carbocycles. The fourth-order valence-corrected chi connectivity index (χ4v) is 4.61. The summed E-state index contributed by atoms with van der Waals surface area (Å²) in [6.45, 7) is 0.816. The van der Waals surface area contributed by atoms with Gasteiger partial charge in [-0.3, -0.25) is 14.5 Å². The Labute approximate surface area is 153 Å². The minimum atomic E-state index is -1.14. The molecule has 2 aliphatic heterocycles. The van der Waals surface area contributed by atoms with E-state index < -0.39 is 17.4 Å². The Hall–Kier alpha value is -2.30. The second-order valence-corrected chi connectivity index (χ2v) is 8.26. The number of carbonyl (C=O) groups excluding carboxylic acids is 1. The van der Waals surface area contributed by atoms with Crippen molar-refractivity contribution in [2.45, 2.75) is 18.0 Å². The lowest BCUT2D eigenvalue weighted by Gasteiger charge is -2.48. The summed E-state index contributed by atoms with van der Waals surface area (Å²) in [5.41, 5.74) is 6.58. The number of nitrogens with two attached hydrogens (primary N) is 1. The highest BCUT2D eigenvalue weighted by atomic mass is 32.2. The van der Waals surface area contributed by atoms with E-state index in [4.69, 9.17) is 5.73 Å². The number of hydrogen-bond acceptors (Lipinski definition) is 6. The van der Waals surface area contributed by atoms with Crippen molar-refractivity contribution >= 4 is 23.6 Å². The topological polar surface area (TPSA) is 137 Å². The van der Waals surface area contributed by atoms with Crippen molar-refractivity contribution in [1.29, 1.82) is 0 Å². The molecule has 3 heterocycles. The van der Waals surface area contributed by atoms with E-state index in [1.54, 1.807) is 0 Å². The maximum Gasteiger partial charge on any atom is 0.352 e. The molecule has 3 rings (SSSR count). The number of carboxylic acid groups (broad SMARTS) is 1. The van der Waals surface area contributed by atoms with E-state index in [0.29, 0.717) is 34.6 Å². The largest absolute Gasteiger partial charge is 0.503 e. The van der Waals surface area contributed by atoms with Gasteiger partial charge in [-0.25, -0.2) is 4.79 Å². The maximum atomic E-state index is 12.0. The number of β-lactam (4-membered cyclic amide) rings is 1. The number of aliphatic carboxylic acids is 1. The number of fused-ring (bicyclic) bond motifs is 1. The number of nitrogens with one attached hydrogen (secondary N) is 1. The van der Waals surface area contributed by atoms with Crippen molar-refractivity contribution in [3.05, 3.63) is 39.5 Å². The van der Waals surface area contributed by atoms with Crippen LogP contribution in [0.15, 0.2) is 28.3 Å². The van der Waals surface area contributed by atoms with Gasteiger partial charge in [0.05, 0.1) is 19.8 Å². The van der Waals surface area contributed by atoms with E-state index in [9.17, 15) is 24.6 Å². The summed E-state index contributed by atoms with van der Waals surface area (Å²) < 4.78 is 0.367. The molecule has 0 aliphatic carbocycles. The van der Waals surface area contributed by atoms with Gasteiger partial charge in [-0.1, -0.05) is 0 Å². The molecule has 1 amide bonds. The highest BCUT2D eigenvalue weighted by molar-refractivity contribution is 8.00. The third-order valence-electron chi connectivity index (χ3n) is 4.46. The summed E-state index contributed by atoms with van der Waals surface area (Å²) >= 11 is 1.46. The average Bonchev–Trinajstić information content (AvgIpc) is 2.56. The molecule has 0 radical (unpaired) electrons. The SMILES string of the molecule is C[N+](C)(CC1=C(C(=O)O)N2C(=O)[C@@H](N)[C@H]2SC1)Cc1cc(=O)c(O)c[nH]1. The molecule has 2 aliphatic rings. The zero-order valence-corrected chi connectivity index (χ0v) is 15.2. The van der Waals surface area contributed by atoms with Crippen LogP contribution in [-0.2, 0) is 16.1 Å². The van der Waals surface area contributed by atoms with Gasteiger partial charge in [-0.15, -0.1) is 11.8 Å². The van der Waals surface area contributed by atoms with Crippen molar-refractivity contribution in [3.8, 4) is 5.75 Å². The summed E-state index contributed by atoms with van der Waals surface area (Å²) in [7, 11) is 3.80. The standard InChI is InChI=1S/C16H20N4O5S/c1-20(2,6-9-3-10(21)11(22)4-18-9)5-8-7-26-15-12(17)14(23)19(15)13(8)16(24)25/h3-4,12,15H,5-7,17H2,1-2H3,(H2-,18,21,22,24,25)/p+1/t12-,15-/m1/s1. The Morgan fingerprint density at radius 3 is 2.73 bits per heavy atom. The van der Waals surface area contributed by atoms with Crippen LogP contribution in [0.4, 0.5) is 0 Å². The minimum Gasteiger partial charge on any atom is -0.503 e. The van der Waals surface area contributed by atoms with Crippen LogP contribution in [-0.4, -0.2) is 74.3 Å². The number of aromatic nitrogens is 1. The van der Waals surface area contributed by atoms with Crippen molar-refractivity contribution in [2.24, 2.45) is 5.73 Å². The van der Waals surface area contributed by atoms with Crippen molar-refractivity contribution in [3.63, 3.8) is 0 Å². The molecule has 0 spiro atoms. The third-order valence-corrected chi connectivity index (χ3v) is 5.82. The van der Waals surface area contributed by atoms with Gasteiger partial charge in [0.15, 0.2) is 5.75 Å². The molecule has 1 saturated heterocycles. The van der Waals surface area contributed by atoms with Gasteiger partial charge in [0.25, 0.3) is 0 Å². The van der Waals surface area contributed by atoms with E-state index in [-0.39, 0.29) is 22.7 Å². The summed E-state index contributed by atoms with van der Waals surface area (Å²) in [6, 6.07) is 0.673. The molecular weight excluding hydrogens is 360 g/mol. The predicted molar refractivity (Wildman–Crippen MR) is 95.1 cm³/mol. The van der Waals surface area contributed by atoms with Gasteiger partial charge in [0.1, 0.15) is 30.2 Å². The van der Waals surface area contributed by atoms with E-state index >= 15 is 0 Å². The average molecular weight is 381 g/mol. The molecule has 2 atom stereocenters. The van der Waals surface area contributed by atoms with Crippen molar-refractivity contribution in [1.82, 2.24) is 9.88 Å².